The van der Waals surface area contributed by atoms with E-state index in [0.29, 0.717) is 5.92 Å². The Morgan fingerprint density at radius 2 is 1.51 bits per heavy atom. The molecule has 228 valence electrons. The first-order chi connectivity index (χ1) is 21.1. The second-order valence-corrected chi connectivity index (χ2v) is 11.9. The van der Waals surface area contributed by atoms with E-state index in [1.807, 2.05) is 24.3 Å². The molecule has 43 heavy (non-hydrogen) atoms. The smallest absolute Gasteiger partial charge is 0.0700 e. The molecular weight excluding hydrogens is 515 g/mol. The molecule has 0 aromatic heterocycles. The topological polar surface area (TPSA) is 0 Å². The molecule has 0 fully saturated rings. The Balaban J connectivity index is 2.16. The van der Waals surface area contributed by atoms with Crippen LogP contribution in [0, 0.1) is 5.92 Å². The number of rotatable bonds is 21. The summed E-state index contributed by atoms with van der Waals surface area (Å²) >= 11 is 0. The van der Waals surface area contributed by atoms with Crippen LogP contribution < -0.4 is 0 Å². The minimum absolute atomic E-state index is 0.145. The van der Waals surface area contributed by atoms with E-state index in [4.69, 9.17) is 7.85 Å². The van der Waals surface area contributed by atoms with Crippen LogP contribution in [0.3, 0.4) is 0 Å². The van der Waals surface area contributed by atoms with Crippen LogP contribution in [0.15, 0.2) is 121 Å². The normalized spacial score (nSPS) is 18.3. The lowest BCUT2D eigenvalue weighted by Crippen LogP contribution is -2.02. The molecule has 1 unspecified atom stereocenters. The summed E-state index contributed by atoms with van der Waals surface area (Å²) in [6.07, 6.45) is 44.5. The lowest BCUT2D eigenvalue weighted by Gasteiger charge is -2.17. The molecule has 2 rings (SSSR count). The predicted molar refractivity (Wildman–Crippen MR) is 196 cm³/mol. The molecule has 1 aromatic carbocycles. The van der Waals surface area contributed by atoms with Gasteiger partial charge in [0.15, 0.2) is 0 Å². The number of allylic oxidation sites excluding steroid dienone is 14. The van der Waals surface area contributed by atoms with Gasteiger partial charge in [0.2, 0.25) is 0 Å². The van der Waals surface area contributed by atoms with Crippen LogP contribution in [0.25, 0.3) is 12.2 Å². The van der Waals surface area contributed by atoms with Crippen LogP contribution in [0.4, 0.5) is 0 Å². The minimum atomic E-state index is 0.145. The maximum absolute atomic E-state index is 6.66. The molecule has 0 spiro atoms. The molecular formula is C42H57B. The molecule has 0 aliphatic heterocycles. The molecule has 1 aliphatic rings. The highest BCUT2D eigenvalue weighted by Gasteiger charge is 2.10. The largest absolute Gasteiger partial charge is 0.0991 e. The Hall–Kier alpha value is -3.06. The zero-order valence-corrected chi connectivity index (χ0v) is 27.4. The van der Waals surface area contributed by atoms with E-state index in [-0.39, 0.29) is 5.82 Å². The van der Waals surface area contributed by atoms with Crippen molar-refractivity contribution >= 4 is 20.0 Å². The molecule has 1 atom stereocenters. The standard InChI is InChI=1S/C42H57B/c1-5-9-13-16-25-38-26-17-14-15-18-27-39(38)30-21-31-40-28-19-20-29-41(40)34-37(24-12-8-4)32-33-42(43)35-36(22-10-6-2)23-11-7-3/h6-7,10-11,14-15,17-23,28-29,31,34,36,42H,2-3,5,8-9,12-13,16,24-27,30,32-33,35H2,1,4H3/b17-14-,18-15-,22-10-,23-11-,31-21+,37-34-,39-38+. The maximum Gasteiger partial charge on any atom is 0.0700 e. The second kappa shape index (κ2) is 23.4. The third-order valence-electron chi connectivity index (χ3n) is 8.21. The average Bonchev–Trinajstić information content (AvgIpc) is 3.00. The van der Waals surface area contributed by atoms with Gasteiger partial charge in [0.25, 0.3) is 0 Å². The molecule has 0 saturated heterocycles. The van der Waals surface area contributed by atoms with Gasteiger partial charge < -0.3 is 0 Å². The highest BCUT2D eigenvalue weighted by Crippen LogP contribution is 2.29. The number of hydrogen-bond acceptors (Lipinski definition) is 0. The van der Waals surface area contributed by atoms with E-state index in [9.17, 15) is 0 Å². The first-order valence-corrected chi connectivity index (χ1v) is 16.9. The highest BCUT2D eigenvalue weighted by atomic mass is 14.1. The van der Waals surface area contributed by atoms with Crippen molar-refractivity contribution in [2.24, 2.45) is 5.92 Å². The molecule has 1 heteroatoms. The van der Waals surface area contributed by atoms with E-state index in [1.165, 1.54) is 61.6 Å². The first kappa shape index (κ1) is 36.1. The van der Waals surface area contributed by atoms with Crippen molar-refractivity contribution in [2.75, 3.05) is 0 Å². The van der Waals surface area contributed by atoms with Gasteiger partial charge in [-0.05, 0) is 74.8 Å². The van der Waals surface area contributed by atoms with Crippen LogP contribution in [-0.2, 0) is 0 Å². The lowest BCUT2D eigenvalue weighted by atomic mass is 9.75. The van der Waals surface area contributed by atoms with Gasteiger partial charge in [-0.1, -0.05) is 185 Å². The van der Waals surface area contributed by atoms with Crippen LogP contribution in [0.5, 0.6) is 0 Å². The fraction of sp³-hybridized carbons (Fsp3) is 0.429. The maximum atomic E-state index is 6.66. The highest BCUT2D eigenvalue weighted by molar-refractivity contribution is 6.11. The summed E-state index contributed by atoms with van der Waals surface area (Å²) in [6, 6.07) is 8.85. The number of hydrogen-bond donors (Lipinski definition) is 0. The molecule has 0 bridgehead atoms. The van der Waals surface area contributed by atoms with Crippen LogP contribution in [0.2, 0.25) is 5.82 Å². The summed E-state index contributed by atoms with van der Waals surface area (Å²) < 4.78 is 0. The molecule has 0 heterocycles. The molecule has 0 N–H and O–H groups in total. The molecule has 0 saturated carbocycles. The Morgan fingerprint density at radius 3 is 2.19 bits per heavy atom. The minimum Gasteiger partial charge on any atom is -0.0991 e. The van der Waals surface area contributed by atoms with Crippen LogP contribution in [-0.4, -0.2) is 7.85 Å². The zero-order valence-electron chi connectivity index (χ0n) is 27.4. The average molecular weight is 573 g/mol. The SMILES string of the molecule is [B]C(CC/C(=C\c1ccccc1/C=C/C/C1=C(\CCCCCC)C/C=C\C=C/C1)CCCC)CC(/C=C\C=C)/C=C\C=C. The van der Waals surface area contributed by atoms with E-state index < -0.39 is 0 Å². The lowest BCUT2D eigenvalue weighted by molar-refractivity contribution is 0.607. The Morgan fingerprint density at radius 1 is 0.837 bits per heavy atom. The molecule has 1 aliphatic carbocycles. The van der Waals surface area contributed by atoms with Crippen molar-refractivity contribution in [3.63, 3.8) is 0 Å². The van der Waals surface area contributed by atoms with Gasteiger partial charge in [-0.15, -0.1) is 0 Å². The summed E-state index contributed by atoms with van der Waals surface area (Å²) in [5.74, 6) is 0.447. The monoisotopic (exact) mass is 572 g/mol. The summed E-state index contributed by atoms with van der Waals surface area (Å²) in [5, 5.41) is 0. The van der Waals surface area contributed by atoms with Gasteiger partial charge in [-0.25, -0.2) is 0 Å². The fourth-order valence-electron chi connectivity index (χ4n) is 5.66. The van der Waals surface area contributed by atoms with Gasteiger partial charge in [0, 0.05) is 0 Å². The van der Waals surface area contributed by atoms with Crippen LogP contribution >= 0.6 is 0 Å². The fourth-order valence-corrected chi connectivity index (χ4v) is 5.66. The summed E-state index contributed by atoms with van der Waals surface area (Å²) in [4.78, 5) is 0. The molecule has 0 nitrogen and oxygen atoms in total. The predicted octanol–water partition coefficient (Wildman–Crippen LogP) is 13.1. The van der Waals surface area contributed by atoms with Crippen molar-refractivity contribution in [3.05, 3.63) is 132 Å². The van der Waals surface area contributed by atoms with E-state index >= 15 is 0 Å². The van der Waals surface area contributed by atoms with Gasteiger partial charge >= 0.3 is 0 Å². The van der Waals surface area contributed by atoms with Gasteiger partial charge in [-0.2, -0.15) is 0 Å². The van der Waals surface area contributed by atoms with Gasteiger partial charge in [0.05, 0.1) is 7.85 Å². The third-order valence-corrected chi connectivity index (χ3v) is 8.21. The van der Waals surface area contributed by atoms with E-state index in [1.54, 1.807) is 11.1 Å². The van der Waals surface area contributed by atoms with E-state index in [2.05, 4.69) is 106 Å². The first-order valence-electron chi connectivity index (χ1n) is 16.9. The number of benzene rings is 1. The van der Waals surface area contributed by atoms with Gasteiger partial charge in [0.1, 0.15) is 0 Å². The van der Waals surface area contributed by atoms with Crippen molar-refractivity contribution in [3.8, 4) is 0 Å². The Labute approximate surface area is 267 Å². The van der Waals surface area contributed by atoms with Crippen molar-refractivity contribution < 1.29 is 0 Å². The van der Waals surface area contributed by atoms with Crippen molar-refractivity contribution in [1.82, 2.24) is 0 Å². The summed E-state index contributed by atoms with van der Waals surface area (Å²) in [7, 11) is 6.66. The molecule has 2 radical (unpaired) electrons. The summed E-state index contributed by atoms with van der Waals surface area (Å²) in [6.45, 7) is 12.2. The van der Waals surface area contributed by atoms with Crippen molar-refractivity contribution in [2.45, 2.75) is 110 Å². The van der Waals surface area contributed by atoms with Crippen molar-refractivity contribution in [1.29, 1.82) is 0 Å². The van der Waals surface area contributed by atoms with E-state index in [0.717, 1.165) is 44.9 Å². The Bertz CT molecular complexity index is 1130. The zero-order chi connectivity index (χ0) is 31.0. The summed E-state index contributed by atoms with van der Waals surface area (Å²) in [5.41, 5.74) is 7.37. The second-order valence-electron chi connectivity index (χ2n) is 11.9. The third kappa shape index (κ3) is 15.8. The number of unbranched alkanes of at least 4 members (excludes halogenated alkanes) is 4. The Kier molecular flexibility index (Phi) is 19.7. The molecule has 0 amide bonds. The quantitative estimate of drug-likeness (QED) is 0.0595. The molecule has 1 aromatic rings. The van der Waals surface area contributed by atoms with Gasteiger partial charge in [-0.3, -0.25) is 0 Å². The van der Waals surface area contributed by atoms with Crippen LogP contribution in [0.1, 0.15) is 115 Å².